The van der Waals surface area contributed by atoms with E-state index in [0.29, 0.717) is 25.4 Å². The molecular weight excluding hydrogens is 228 g/mol. The third kappa shape index (κ3) is 2.48. The zero-order valence-electron chi connectivity index (χ0n) is 10.9. The third-order valence-corrected chi connectivity index (χ3v) is 3.46. The SMILES string of the molecule is CC(C)CC(C(=O)O)N1Cc2cccc(N)c2C1. The van der Waals surface area contributed by atoms with Gasteiger partial charge in [0.2, 0.25) is 0 Å². The number of benzene rings is 1. The van der Waals surface area contributed by atoms with Gasteiger partial charge < -0.3 is 10.8 Å². The molecule has 98 valence electrons. The minimum absolute atomic E-state index is 0.368. The molecule has 0 saturated heterocycles. The van der Waals surface area contributed by atoms with Crippen LogP contribution in [0.25, 0.3) is 0 Å². The molecule has 0 radical (unpaired) electrons. The molecular formula is C14H20N2O2. The first-order chi connectivity index (χ1) is 8.49. The first-order valence-corrected chi connectivity index (χ1v) is 6.32. The highest BCUT2D eigenvalue weighted by Gasteiger charge is 2.31. The van der Waals surface area contributed by atoms with Gasteiger partial charge >= 0.3 is 5.97 Å². The highest BCUT2D eigenvalue weighted by Crippen LogP contribution is 2.30. The molecule has 1 unspecified atom stereocenters. The molecule has 0 bridgehead atoms. The lowest BCUT2D eigenvalue weighted by molar-refractivity contribution is -0.144. The summed E-state index contributed by atoms with van der Waals surface area (Å²) in [6, 6.07) is 5.41. The number of carboxylic acids is 1. The zero-order chi connectivity index (χ0) is 13.3. The van der Waals surface area contributed by atoms with Crippen molar-refractivity contribution < 1.29 is 9.90 Å². The molecule has 1 heterocycles. The lowest BCUT2D eigenvalue weighted by atomic mass is 10.0. The van der Waals surface area contributed by atoms with Crippen LogP contribution in [0.4, 0.5) is 5.69 Å². The standard InChI is InChI=1S/C14H20N2O2/c1-9(2)6-13(14(17)18)16-7-10-4-3-5-12(15)11(10)8-16/h3-5,9,13H,6-8,15H2,1-2H3,(H,17,18). The number of fused-ring (bicyclic) bond motifs is 1. The number of carboxylic acid groups (broad SMARTS) is 1. The van der Waals surface area contributed by atoms with Crippen molar-refractivity contribution in [3.63, 3.8) is 0 Å². The first kappa shape index (κ1) is 12.9. The summed E-state index contributed by atoms with van der Waals surface area (Å²) in [7, 11) is 0. The van der Waals surface area contributed by atoms with E-state index in [1.165, 1.54) is 0 Å². The van der Waals surface area contributed by atoms with Crippen molar-refractivity contribution in [3.05, 3.63) is 29.3 Å². The number of nitrogens with zero attached hydrogens (tertiary/aromatic N) is 1. The van der Waals surface area contributed by atoms with Gasteiger partial charge in [-0.05, 0) is 29.5 Å². The van der Waals surface area contributed by atoms with Crippen LogP contribution in [-0.2, 0) is 17.9 Å². The van der Waals surface area contributed by atoms with Crippen LogP contribution < -0.4 is 5.73 Å². The average Bonchev–Trinajstić information content (AvgIpc) is 2.70. The van der Waals surface area contributed by atoms with E-state index < -0.39 is 12.0 Å². The maximum Gasteiger partial charge on any atom is 0.320 e. The summed E-state index contributed by atoms with van der Waals surface area (Å²) in [4.78, 5) is 13.4. The molecule has 0 fully saturated rings. The van der Waals surface area contributed by atoms with Crippen LogP contribution in [0.1, 0.15) is 31.4 Å². The second kappa shape index (κ2) is 4.98. The van der Waals surface area contributed by atoms with Crippen molar-refractivity contribution in [1.82, 2.24) is 4.90 Å². The molecule has 0 amide bonds. The molecule has 3 N–H and O–H groups in total. The molecule has 18 heavy (non-hydrogen) atoms. The van der Waals surface area contributed by atoms with E-state index >= 15 is 0 Å². The van der Waals surface area contributed by atoms with E-state index in [9.17, 15) is 9.90 Å². The summed E-state index contributed by atoms with van der Waals surface area (Å²) in [6.45, 7) is 5.43. The lowest BCUT2D eigenvalue weighted by Crippen LogP contribution is -2.38. The number of aliphatic carboxylic acids is 1. The summed E-state index contributed by atoms with van der Waals surface area (Å²) in [5, 5.41) is 9.36. The number of carbonyl (C=O) groups is 1. The second-order valence-corrected chi connectivity index (χ2v) is 5.37. The minimum atomic E-state index is -0.741. The van der Waals surface area contributed by atoms with Crippen molar-refractivity contribution in [2.45, 2.75) is 39.4 Å². The first-order valence-electron chi connectivity index (χ1n) is 6.32. The van der Waals surface area contributed by atoms with Crippen LogP contribution in [0.2, 0.25) is 0 Å². The van der Waals surface area contributed by atoms with Crippen molar-refractivity contribution in [2.75, 3.05) is 5.73 Å². The van der Waals surface area contributed by atoms with E-state index in [2.05, 4.69) is 0 Å². The van der Waals surface area contributed by atoms with Crippen molar-refractivity contribution >= 4 is 11.7 Å². The Morgan fingerprint density at radius 2 is 2.17 bits per heavy atom. The van der Waals surface area contributed by atoms with E-state index in [4.69, 9.17) is 5.73 Å². The fourth-order valence-electron chi connectivity index (χ4n) is 2.55. The topological polar surface area (TPSA) is 66.6 Å². The Morgan fingerprint density at radius 1 is 1.44 bits per heavy atom. The van der Waals surface area contributed by atoms with Gasteiger partial charge in [0.1, 0.15) is 6.04 Å². The van der Waals surface area contributed by atoms with Gasteiger partial charge in [-0.2, -0.15) is 0 Å². The lowest BCUT2D eigenvalue weighted by Gasteiger charge is -2.25. The molecule has 0 spiro atoms. The number of nitrogen functional groups attached to an aromatic ring is 1. The molecule has 0 saturated carbocycles. The monoisotopic (exact) mass is 248 g/mol. The van der Waals surface area contributed by atoms with E-state index in [1.54, 1.807) is 0 Å². The van der Waals surface area contributed by atoms with E-state index in [1.807, 2.05) is 36.9 Å². The molecule has 1 aromatic carbocycles. The number of anilines is 1. The van der Waals surface area contributed by atoms with Crippen LogP contribution >= 0.6 is 0 Å². The number of nitrogens with two attached hydrogens (primary N) is 1. The predicted octanol–water partition coefficient (Wildman–Crippen LogP) is 2.08. The highest BCUT2D eigenvalue weighted by molar-refractivity contribution is 5.73. The smallest absolute Gasteiger partial charge is 0.320 e. The molecule has 1 atom stereocenters. The normalized spacial score (nSPS) is 16.8. The van der Waals surface area contributed by atoms with Gasteiger partial charge in [0, 0.05) is 18.8 Å². The number of hydrogen-bond donors (Lipinski definition) is 2. The Labute approximate surface area is 107 Å². The molecule has 0 aromatic heterocycles. The average molecular weight is 248 g/mol. The molecule has 4 heteroatoms. The minimum Gasteiger partial charge on any atom is -0.480 e. The molecule has 1 aliphatic heterocycles. The number of rotatable bonds is 4. The van der Waals surface area contributed by atoms with Crippen molar-refractivity contribution in [2.24, 2.45) is 5.92 Å². The van der Waals surface area contributed by atoms with Gasteiger partial charge in [0.15, 0.2) is 0 Å². The van der Waals surface area contributed by atoms with E-state index in [0.717, 1.165) is 16.8 Å². The molecule has 4 nitrogen and oxygen atoms in total. The molecule has 1 aromatic rings. The second-order valence-electron chi connectivity index (χ2n) is 5.37. The summed E-state index contributed by atoms with van der Waals surface area (Å²) < 4.78 is 0. The Kier molecular flexibility index (Phi) is 3.57. The van der Waals surface area contributed by atoms with Crippen LogP contribution in [0.5, 0.6) is 0 Å². The number of hydrogen-bond acceptors (Lipinski definition) is 3. The van der Waals surface area contributed by atoms with Crippen molar-refractivity contribution in [1.29, 1.82) is 0 Å². The summed E-state index contributed by atoms with van der Waals surface area (Å²) in [5.41, 5.74) is 8.95. The van der Waals surface area contributed by atoms with Crippen molar-refractivity contribution in [3.8, 4) is 0 Å². The largest absolute Gasteiger partial charge is 0.480 e. The Hall–Kier alpha value is -1.55. The van der Waals surface area contributed by atoms with Gasteiger partial charge in [-0.25, -0.2) is 0 Å². The summed E-state index contributed by atoms with van der Waals surface area (Å²) >= 11 is 0. The summed E-state index contributed by atoms with van der Waals surface area (Å²) in [6.07, 6.45) is 0.670. The van der Waals surface area contributed by atoms with Gasteiger partial charge in [-0.1, -0.05) is 26.0 Å². The maximum absolute atomic E-state index is 11.4. The summed E-state index contributed by atoms with van der Waals surface area (Å²) in [5.74, 6) is -0.373. The Morgan fingerprint density at radius 3 is 2.72 bits per heavy atom. The zero-order valence-corrected chi connectivity index (χ0v) is 10.9. The van der Waals surface area contributed by atoms with Gasteiger partial charge in [0.05, 0.1) is 0 Å². The molecule has 2 rings (SSSR count). The maximum atomic E-state index is 11.4. The van der Waals surface area contributed by atoms with E-state index in [-0.39, 0.29) is 0 Å². The predicted molar refractivity (Wildman–Crippen MR) is 71.0 cm³/mol. The third-order valence-electron chi connectivity index (χ3n) is 3.46. The van der Waals surface area contributed by atoms with Crippen LogP contribution in [0, 0.1) is 5.92 Å². The fourth-order valence-corrected chi connectivity index (χ4v) is 2.55. The van der Waals surface area contributed by atoms with Gasteiger partial charge in [-0.3, -0.25) is 9.69 Å². The highest BCUT2D eigenvalue weighted by atomic mass is 16.4. The Bertz CT molecular complexity index is 457. The Balaban J connectivity index is 2.18. The molecule has 1 aliphatic rings. The van der Waals surface area contributed by atoms with Gasteiger partial charge in [0.25, 0.3) is 0 Å². The molecule has 0 aliphatic carbocycles. The van der Waals surface area contributed by atoms with Crippen LogP contribution in [0.3, 0.4) is 0 Å². The van der Waals surface area contributed by atoms with Crippen LogP contribution in [-0.4, -0.2) is 22.0 Å². The van der Waals surface area contributed by atoms with Crippen LogP contribution in [0.15, 0.2) is 18.2 Å². The fraction of sp³-hybridized carbons (Fsp3) is 0.500. The van der Waals surface area contributed by atoms with Gasteiger partial charge in [-0.15, -0.1) is 0 Å². The quantitative estimate of drug-likeness (QED) is 0.801.